The lowest BCUT2D eigenvalue weighted by Crippen LogP contribution is -2.31. The Hall–Kier alpha value is -2.07. The van der Waals surface area contributed by atoms with Crippen molar-refractivity contribution in [2.45, 2.75) is 26.8 Å². The van der Waals surface area contributed by atoms with E-state index in [0.29, 0.717) is 5.11 Å². The maximum atomic E-state index is 5.44. The van der Waals surface area contributed by atoms with E-state index in [4.69, 9.17) is 17.0 Å². The summed E-state index contributed by atoms with van der Waals surface area (Å²) in [6, 6.07) is 14.3. The molecule has 2 aromatic carbocycles. The third kappa shape index (κ3) is 3.98. The fourth-order valence-electron chi connectivity index (χ4n) is 2.34. The summed E-state index contributed by atoms with van der Waals surface area (Å²) in [5, 5.41) is 7.16. The summed E-state index contributed by atoms with van der Waals surface area (Å²) < 4.78 is 5.44. The van der Waals surface area contributed by atoms with Crippen molar-refractivity contribution in [3.63, 3.8) is 0 Å². The van der Waals surface area contributed by atoms with E-state index in [1.165, 1.54) is 5.56 Å². The summed E-state index contributed by atoms with van der Waals surface area (Å²) in [6.45, 7) is 6.20. The zero-order valence-corrected chi connectivity index (χ0v) is 14.3. The summed E-state index contributed by atoms with van der Waals surface area (Å²) in [5.74, 6) is 0.865. The van der Waals surface area contributed by atoms with Crippen molar-refractivity contribution in [1.29, 1.82) is 0 Å². The van der Waals surface area contributed by atoms with Crippen LogP contribution in [0.3, 0.4) is 0 Å². The molecule has 0 aliphatic carbocycles. The lowest BCUT2D eigenvalue weighted by molar-refractivity contribution is 0.405. The maximum absolute atomic E-state index is 5.44. The molecular weight excluding hydrogens is 292 g/mol. The topological polar surface area (TPSA) is 33.3 Å². The molecule has 0 fully saturated rings. The zero-order chi connectivity index (χ0) is 16.1. The molecule has 2 N–H and O–H groups in total. The zero-order valence-electron chi connectivity index (χ0n) is 13.4. The quantitative estimate of drug-likeness (QED) is 0.822. The van der Waals surface area contributed by atoms with Gasteiger partial charge in [0.05, 0.1) is 13.2 Å². The van der Waals surface area contributed by atoms with Crippen LogP contribution in [0.5, 0.6) is 5.75 Å². The SMILES string of the molecule is COc1ccc(C)cc1[C@H](C)NC(=S)Nc1ccccc1C. The number of benzene rings is 2. The fourth-order valence-corrected chi connectivity index (χ4v) is 2.62. The number of para-hydroxylation sites is 1. The summed E-state index contributed by atoms with van der Waals surface area (Å²) >= 11 is 5.42. The van der Waals surface area contributed by atoms with Gasteiger partial charge < -0.3 is 15.4 Å². The second kappa shape index (κ2) is 7.27. The predicted molar refractivity (Wildman–Crippen MR) is 96.7 cm³/mol. The monoisotopic (exact) mass is 314 g/mol. The van der Waals surface area contributed by atoms with Gasteiger partial charge in [0.2, 0.25) is 0 Å². The number of thiocarbonyl (C=S) groups is 1. The number of hydrogen-bond donors (Lipinski definition) is 2. The lowest BCUT2D eigenvalue weighted by atomic mass is 10.0. The van der Waals surface area contributed by atoms with Crippen molar-refractivity contribution in [2.24, 2.45) is 0 Å². The van der Waals surface area contributed by atoms with E-state index < -0.39 is 0 Å². The van der Waals surface area contributed by atoms with Gasteiger partial charge in [-0.2, -0.15) is 0 Å². The Bertz CT molecular complexity index is 670. The van der Waals surface area contributed by atoms with E-state index in [-0.39, 0.29) is 6.04 Å². The van der Waals surface area contributed by atoms with Crippen LogP contribution >= 0.6 is 12.2 Å². The van der Waals surface area contributed by atoms with Crippen LogP contribution in [0.1, 0.15) is 29.7 Å². The van der Waals surface area contributed by atoms with Gasteiger partial charge in [-0.3, -0.25) is 0 Å². The highest BCUT2D eigenvalue weighted by atomic mass is 32.1. The molecule has 4 heteroatoms. The van der Waals surface area contributed by atoms with E-state index >= 15 is 0 Å². The van der Waals surface area contributed by atoms with Gasteiger partial charge in [-0.15, -0.1) is 0 Å². The third-order valence-corrected chi connectivity index (χ3v) is 3.81. The predicted octanol–water partition coefficient (Wildman–Crippen LogP) is 4.36. The molecule has 0 heterocycles. The fraction of sp³-hybridized carbons (Fsp3) is 0.278. The molecule has 2 aromatic rings. The van der Waals surface area contributed by atoms with E-state index in [9.17, 15) is 0 Å². The second-order valence-electron chi connectivity index (χ2n) is 5.38. The van der Waals surface area contributed by atoms with E-state index in [2.05, 4.69) is 43.5 Å². The molecule has 0 bridgehead atoms. The highest BCUT2D eigenvalue weighted by Crippen LogP contribution is 2.26. The third-order valence-electron chi connectivity index (χ3n) is 3.59. The Kier molecular flexibility index (Phi) is 5.39. The number of anilines is 1. The van der Waals surface area contributed by atoms with Gasteiger partial charge in [0.1, 0.15) is 5.75 Å². The minimum absolute atomic E-state index is 0.0545. The molecule has 0 aromatic heterocycles. The second-order valence-corrected chi connectivity index (χ2v) is 5.79. The standard InChI is InChI=1S/C18H22N2OS/c1-12-9-10-17(21-4)15(11-12)14(3)19-18(22)20-16-8-6-5-7-13(16)2/h5-11,14H,1-4H3,(H2,19,20,22)/t14-/m0/s1. The van der Waals surface area contributed by atoms with Crippen LogP contribution < -0.4 is 15.4 Å². The number of ether oxygens (including phenoxy) is 1. The molecule has 0 amide bonds. The van der Waals surface area contributed by atoms with Crippen molar-refractivity contribution in [2.75, 3.05) is 12.4 Å². The van der Waals surface area contributed by atoms with Gasteiger partial charge >= 0.3 is 0 Å². The number of nitrogens with one attached hydrogen (secondary N) is 2. The average Bonchev–Trinajstić information content (AvgIpc) is 2.49. The molecule has 3 nitrogen and oxygen atoms in total. The van der Waals surface area contributed by atoms with Crippen LogP contribution in [-0.2, 0) is 0 Å². The summed E-state index contributed by atoms with van der Waals surface area (Å²) in [5.41, 5.74) is 4.47. The van der Waals surface area contributed by atoms with Gasteiger partial charge in [-0.1, -0.05) is 35.9 Å². The van der Waals surface area contributed by atoms with Crippen molar-refractivity contribution < 1.29 is 4.74 Å². The van der Waals surface area contributed by atoms with Crippen LogP contribution in [-0.4, -0.2) is 12.2 Å². The average molecular weight is 314 g/mol. The smallest absolute Gasteiger partial charge is 0.171 e. The van der Waals surface area contributed by atoms with Gasteiger partial charge in [0.15, 0.2) is 5.11 Å². The molecule has 22 heavy (non-hydrogen) atoms. The molecular formula is C18H22N2OS. The van der Waals surface area contributed by atoms with Crippen LogP contribution in [0.2, 0.25) is 0 Å². The van der Waals surface area contributed by atoms with Crippen molar-refractivity contribution in [3.05, 3.63) is 59.2 Å². The highest BCUT2D eigenvalue weighted by Gasteiger charge is 2.13. The van der Waals surface area contributed by atoms with E-state index in [1.807, 2.05) is 30.3 Å². The molecule has 116 valence electrons. The Morgan fingerprint density at radius 1 is 1.14 bits per heavy atom. The molecule has 0 aliphatic heterocycles. The summed E-state index contributed by atoms with van der Waals surface area (Å²) in [7, 11) is 1.69. The van der Waals surface area contributed by atoms with Gasteiger partial charge in [-0.05, 0) is 50.7 Å². The van der Waals surface area contributed by atoms with Crippen molar-refractivity contribution in [1.82, 2.24) is 5.32 Å². The van der Waals surface area contributed by atoms with Gasteiger partial charge in [0, 0.05) is 11.3 Å². The molecule has 0 radical (unpaired) electrons. The molecule has 2 rings (SSSR count). The Labute approximate surface area is 137 Å². The normalized spacial score (nSPS) is 11.6. The number of methoxy groups -OCH3 is 1. The van der Waals surface area contributed by atoms with Crippen LogP contribution in [0, 0.1) is 13.8 Å². The molecule has 0 unspecified atom stereocenters. The molecule has 0 saturated carbocycles. The number of hydrogen-bond acceptors (Lipinski definition) is 2. The first kappa shape index (κ1) is 16.3. The van der Waals surface area contributed by atoms with E-state index in [0.717, 1.165) is 22.6 Å². The van der Waals surface area contributed by atoms with Crippen LogP contribution in [0.15, 0.2) is 42.5 Å². The minimum atomic E-state index is 0.0545. The summed E-state index contributed by atoms with van der Waals surface area (Å²) in [6.07, 6.45) is 0. The largest absolute Gasteiger partial charge is 0.496 e. The van der Waals surface area contributed by atoms with E-state index in [1.54, 1.807) is 7.11 Å². The Morgan fingerprint density at radius 3 is 2.55 bits per heavy atom. The van der Waals surface area contributed by atoms with Gasteiger partial charge in [0.25, 0.3) is 0 Å². The molecule has 1 atom stereocenters. The van der Waals surface area contributed by atoms with Gasteiger partial charge in [-0.25, -0.2) is 0 Å². The first-order valence-corrected chi connectivity index (χ1v) is 7.69. The maximum Gasteiger partial charge on any atom is 0.171 e. The van der Waals surface area contributed by atoms with Crippen molar-refractivity contribution in [3.8, 4) is 5.75 Å². The van der Waals surface area contributed by atoms with Crippen molar-refractivity contribution >= 4 is 23.0 Å². The Balaban J connectivity index is 2.09. The van der Waals surface area contributed by atoms with Crippen LogP contribution in [0.25, 0.3) is 0 Å². The highest BCUT2D eigenvalue weighted by molar-refractivity contribution is 7.80. The number of aryl methyl sites for hydroxylation is 2. The molecule has 0 aliphatic rings. The first-order valence-electron chi connectivity index (χ1n) is 7.29. The molecule has 0 saturated heterocycles. The summed E-state index contributed by atoms with van der Waals surface area (Å²) in [4.78, 5) is 0. The Morgan fingerprint density at radius 2 is 1.86 bits per heavy atom. The lowest BCUT2D eigenvalue weighted by Gasteiger charge is -2.20. The first-order chi connectivity index (χ1) is 10.5. The minimum Gasteiger partial charge on any atom is -0.496 e. The number of rotatable bonds is 4. The molecule has 0 spiro atoms. The van der Waals surface area contributed by atoms with Crippen LogP contribution in [0.4, 0.5) is 5.69 Å².